The Morgan fingerprint density at radius 3 is 2.23 bits per heavy atom. The lowest BCUT2D eigenvalue weighted by Crippen LogP contribution is -2.53. The highest BCUT2D eigenvalue weighted by molar-refractivity contribution is 7.89. The van der Waals surface area contributed by atoms with Crippen molar-refractivity contribution in [3.63, 3.8) is 0 Å². The van der Waals surface area contributed by atoms with Crippen molar-refractivity contribution in [2.45, 2.75) is 36.4 Å². The number of carboxylic acid groups (broad SMARTS) is 1. The molecule has 3 aromatic carbocycles. The van der Waals surface area contributed by atoms with Crippen molar-refractivity contribution in [3.05, 3.63) is 76.3 Å². The molecule has 0 aliphatic carbocycles. The molecule has 2 N–H and O–H groups in total. The van der Waals surface area contributed by atoms with Crippen molar-refractivity contribution in [1.82, 2.24) is 9.21 Å². The van der Waals surface area contributed by atoms with E-state index in [1.807, 2.05) is 30.3 Å². The summed E-state index contributed by atoms with van der Waals surface area (Å²) >= 11 is 12.1. The smallest absolute Gasteiger partial charge is 0.326 e. The lowest BCUT2D eigenvalue weighted by molar-refractivity contribution is -0.142. The minimum absolute atomic E-state index is 0.0431. The quantitative estimate of drug-likeness (QED) is 0.222. The van der Waals surface area contributed by atoms with Gasteiger partial charge in [-0.1, -0.05) is 53.5 Å². The van der Waals surface area contributed by atoms with Gasteiger partial charge in [0.05, 0.1) is 37.2 Å². The van der Waals surface area contributed by atoms with Crippen LogP contribution in [0.25, 0.3) is 11.1 Å². The highest BCUT2D eigenvalue weighted by Gasteiger charge is 2.42. The molecule has 1 fully saturated rings. The van der Waals surface area contributed by atoms with Gasteiger partial charge in [-0.25, -0.2) is 13.2 Å². The highest BCUT2D eigenvalue weighted by atomic mass is 35.5. The van der Waals surface area contributed by atoms with Crippen LogP contribution in [0.4, 0.5) is 0 Å². The summed E-state index contributed by atoms with van der Waals surface area (Å²) in [5.74, 6) is 0.0945. The summed E-state index contributed by atoms with van der Waals surface area (Å²) in [6, 6.07) is 15.6. The number of carbonyl (C=O) groups is 1. The minimum Gasteiger partial charge on any atom is -0.496 e. The number of halogens is 2. The van der Waals surface area contributed by atoms with Crippen LogP contribution in [-0.4, -0.2) is 68.0 Å². The van der Waals surface area contributed by atoms with E-state index in [2.05, 4.69) is 0 Å². The molecular formula is C28H29Cl2N3O6S. The minimum atomic E-state index is -4.07. The SMILES string of the molecule is COc1cccc(OC)c1-c1ccc(C[C@@H](C(=O)O)N(C=N)C2CCCN2S(=O)(=O)c2cc(Cl)cc(Cl)c2)cc1. The van der Waals surface area contributed by atoms with E-state index in [4.69, 9.17) is 38.1 Å². The molecule has 1 saturated heterocycles. The summed E-state index contributed by atoms with van der Waals surface area (Å²) in [5.41, 5.74) is 2.29. The molecule has 2 atom stereocenters. The number of hydrogen-bond donors (Lipinski definition) is 2. The fraction of sp³-hybridized carbons (Fsp3) is 0.286. The van der Waals surface area contributed by atoms with Crippen molar-refractivity contribution in [1.29, 1.82) is 5.41 Å². The first kappa shape index (κ1) is 29.7. The highest BCUT2D eigenvalue weighted by Crippen LogP contribution is 2.38. The van der Waals surface area contributed by atoms with Crippen LogP contribution >= 0.6 is 23.2 Å². The Kier molecular flexibility index (Phi) is 9.25. The van der Waals surface area contributed by atoms with Crippen LogP contribution < -0.4 is 9.47 Å². The third-order valence-corrected chi connectivity index (χ3v) is 9.16. The monoisotopic (exact) mass is 605 g/mol. The Balaban J connectivity index is 1.62. The third-order valence-electron chi connectivity index (χ3n) is 6.85. The molecule has 1 aliphatic heterocycles. The van der Waals surface area contributed by atoms with Crippen LogP contribution in [0.15, 0.2) is 65.6 Å². The molecule has 1 aliphatic rings. The summed E-state index contributed by atoms with van der Waals surface area (Å²) in [6.07, 6.45) is 0.944. The van der Waals surface area contributed by atoms with Gasteiger partial charge in [0.25, 0.3) is 0 Å². The van der Waals surface area contributed by atoms with Crippen molar-refractivity contribution in [2.24, 2.45) is 0 Å². The first-order valence-electron chi connectivity index (χ1n) is 12.4. The number of nitrogens with zero attached hydrogens (tertiary/aromatic N) is 2. The maximum Gasteiger partial charge on any atom is 0.326 e. The van der Waals surface area contributed by atoms with E-state index in [1.165, 1.54) is 27.4 Å². The lowest BCUT2D eigenvalue weighted by Gasteiger charge is -2.36. The molecule has 9 nitrogen and oxygen atoms in total. The summed E-state index contributed by atoms with van der Waals surface area (Å²) in [6.45, 7) is 0.170. The van der Waals surface area contributed by atoms with Crippen LogP contribution in [0.2, 0.25) is 10.0 Å². The molecule has 4 rings (SSSR count). The van der Waals surface area contributed by atoms with Crippen LogP contribution in [0.5, 0.6) is 11.5 Å². The second kappa shape index (κ2) is 12.5. The van der Waals surface area contributed by atoms with Gasteiger partial charge in [0, 0.05) is 23.0 Å². The normalized spacial score (nSPS) is 16.4. The van der Waals surface area contributed by atoms with E-state index in [1.54, 1.807) is 26.4 Å². The van der Waals surface area contributed by atoms with Gasteiger partial charge in [0.15, 0.2) is 0 Å². The molecule has 12 heteroatoms. The molecule has 0 saturated carbocycles. The van der Waals surface area contributed by atoms with E-state index < -0.39 is 28.2 Å². The predicted octanol–water partition coefficient (Wildman–Crippen LogP) is 5.39. The molecule has 0 radical (unpaired) electrons. The van der Waals surface area contributed by atoms with Crippen molar-refractivity contribution in [3.8, 4) is 22.6 Å². The molecule has 3 aromatic rings. The molecule has 0 bridgehead atoms. The van der Waals surface area contributed by atoms with Gasteiger partial charge in [0.2, 0.25) is 10.0 Å². The molecule has 40 heavy (non-hydrogen) atoms. The van der Waals surface area contributed by atoms with Gasteiger partial charge >= 0.3 is 5.97 Å². The maximum atomic E-state index is 13.5. The fourth-order valence-electron chi connectivity index (χ4n) is 4.98. The summed E-state index contributed by atoms with van der Waals surface area (Å²) < 4.78 is 39.3. The Morgan fingerprint density at radius 1 is 1.10 bits per heavy atom. The second-order valence-corrected chi connectivity index (χ2v) is 12.0. The number of sulfonamides is 1. The zero-order valence-corrected chi connectivity index (χ0v) is 24.2. The number of benzene rings is 3. The molecular weight excluding hydrogens is 577 g/mol. The Hall–Kier alpha value is -3.31. The topological polar surface area (TPSA) is 120 Å². The maximum absolute atomic E-state index is 13.5. The largest absolute Gasteiger partial charge is 0.496 e. The molecule has 1 heterocycles. The van der Waals surface area contributed by atoms with Gasteiger partial charge in [-0.05, 0) is 54.3 Å². The summed E-state index contributed by atoms with van der Waals surface area (Å²) in [5, 5.41) is 18.6. The number of ether oxygens (including phenoxy) is 2. The summed E-state index contributed by atoms with van der Waals surface area (Å²) in [4.78, 5) is 13.7. The zero-order chi connectivity index (χ0) is 29.0. The third kappa shape index (κ3) is 6.05. The van der Waals surface area contributed by atoms with Gasteiger partial charge < -0.3 is 19.5 Å². The van der Waals surface area contributed by atoms with Crippen LogP contribution in [0.1, 0.15) is 18.4 Å². The summed E-state index contributed by atoms with van der Waals surface area (Å²) in [7, 11) is -0.921. The van der Waals surface area contributed by atoms with Crippen molar-refractivity contribution in [2.75, 3.05) is 20.8 Å². The number of methoxy groups -OCH3 is 2. The number of nitrogens with one attached hydrogen (secondary N) is 1. The van der Waals surface area contributed by atoms with Gasteiger partial charge in [-0.15, -0.1) is 0 Å². The Labute approximate surface area is 243 Å². The number of hydrogen-bond acceptors (Lipinski definition) is 6. The van der Waals surface area contributed by atoms with E-state index in [0.29, 0.717) is 29.9 Å². The van der Waals surface area contributed by atoms with E-state index >= 15 is 0 Å². The first-order valence-corrected chi connectivity index (χ1v) is 14.6. The zero-order valence-electron chi connectivity index (χ0n) is 21.9. The van der Waals surface area contributed by atoms with E-state index in [0.717, 1.165) is 17.5 Å². The molecule has 1 unspecified atom stereocenters. The van der Waals surface area contributed by atoms with Crippen molar-refractivity contribution >= 4 is 45.5 Å². The van der Waals surface area contributed by atoms with Crippen molar-refractivity contribution < 1.29 is 27.8 Å². The molecule has 0 aromatic heterocycles. The van der Waals surface area contributed by atoms with Crippen LogP contribution in [0.3, 0.4) is 0 Å². The number of rotatable bonds is 11. The van der Waals surface area contributed by atoms with Gasteiger partial charge in [-0.2, -0.15) is 4.31 Å². The predicted molar refractivity (Wildman–Crippen MR) is 154 cm³/mol. The molecule has 212 valence electrons. The fourth-order valence-corrected chi connectivity index (χ4v) is 7.37. The van der Waals surface area contributed by atoms with Gasteiger partial charge in [0.1, 0.15) is 17.5 Å². The Morgan fingerprint density at radius 2 is 1.70 bits per heavy atom. The average molecular weight is 607 g/mol. The van der Waals surface area contributed by atoms with E-state index in [-0.39, 0.29) is 27.9 Å². The number of aliphatic carboxylic acids is 1. The second-order valence-electron chi connectivity index (χ2n) is 9.21. The lowest BCUT2D eigenvalue weighted by atomic mass is 9.98. The number of carboxylic acids is 1. The standard InChI is InChI=1S/C28H29Cl2N3O6S/c1-38-24-5-3-6-25(39-2)27(24)19-10-8-18(9-11-19)13-23(28(34)35)32(17-31)26-7-4-12-33(26)40(36,37)22-15-20(29)14-21(30)16-22/h3,5-6,8-11,14-17,23,26,31H,4,7,12-13H2,1-2H3,(H,34,35)/t23-,26?/m0/s1. The van der Waals surface area contributed by atoms with Gasteiger partial charge in [-0.3, -0.25) is 5.41 Å². The molecule has 0 spiro atoms. The Bertz CT molecular complexity index is 1460. The van der Waals surface area contributed by atoms with Crippen LogP contribution in [0, 0.1) is 5.41 Å². The first-order chi connectivity index (χ1) is 19.1. The molecule has 0 amide bonds. The van der Waals surface area contributed by atoms with Crippen LogP contribution in [-0.2, 0) is 21.2 Å². The average Bonchev–Trinajstić information content (AvgIpc) is 3.43. The van der Waals surface area contributed by atoms with E-state index in [9.17, 15) is 18.3 Å².